The van der Waals surface area contributed by atoms with Crippen LogP contribution in [0.15, 0.2) is 66.9 Å². The van der Waals surface area contributed by atoms with Gasteiger partial charge in [0.25, 0.3) is 5.91 Å². The zero-order chi connectivity index (χ0) is 19.2. The average molecular weight is 381 g/mol. The van der Waals surface area contributed by atoms with E-state index < -0.39 is 5.82 Å². The van der Waals surface area contributed by atoms with Crippen molar-refractivity contribution in [2.75, 3.05) is 12.4 Å². The van der Waals surface area contributed by atoms with E-state index in [-0.39, 0.29) is 16.7 Å². The van der Waals surface area contributed by atoms with E-state index in [2.05, 4.69) is 15.6 Å². The van der Waals surface area contributed by atoms with Gasteiger partial charge in [0.2, 0.25) is 0 Å². The van der Waals surface area contributed by atoms with E-state index in [4.69, 9.17) is 17.0 Å². The highest BCUT2D eigenvalue weighted by Crippen LogP contribution is 2.25. The van der Waals surface area contributed by atoms with E-state index in [0.717, 1.165) is 0 Å². The van der Waals surface area contributed by atoms with Crippen LogP contribution in [0, 0.1) is 5.82 Å². The topological polar surface area (TPSA) is 63.2 Å². The number of nitrogens with one attached hydrogen (secondary N) is 2. The Balaban J connectivity index is 1.76. The number of nitrogens with zero attached hydrogens (tertiary/aromatic N) is 1. The van der Waals surface area contributed by atoms with E-state index in [1.165, 1.54) is 6.07 Å². The fraction of sp³-hybridized carbons (Fsp3) is 0.0500. The summed E-state index contributed by atoms with van der Waals surface area (Å²) >= 11 is 5.13. The minimum atomic E-state index is -0.502. The normalized spacial score (nSPS) is 10.1. The number of aromatic nitrogens is 1. The number of anilines is 1. The molecule has 0 aliphatic rings. The van der Waals surface area contributed by atoms with Crippen LogP contribution in [0.3, 0.4) is 0 Å². The molecule has 0 fully saturated rings. The highest BCUT2D eigenvalue weighted by molar-refractivity contribution is 7.80. The molecule has 0 unspecified atom stereocenters. The Hall–Kier alpha value is -3.32. The number of pyridine rings is 1. The van der Waals surface area contributed by atoms with Gasteiger partial charge in [0, 0.05) is 23.4 Å². The van der Waals surface area contributed by atoms with E-state index in [1.54, 1.807) is 67.9 Å². The molecule has 5 nitrogen and oxygen atoms in total. The van der Waals surface area contributed by atoms with Crippen LogP contribution in [0.5, 0.6) is 5.75 Å². The van der Waals surface area contributed by atoms with E-state index in [0.29, 0.717) is 22.6 Å². The van der Waals surface area contributed by atoms with Crippen molar-refractivity contribution in [3.8, 4) is 17.0 Å². The van der Waals surface area contributed by atoms with Crippen molar-refractivity contribution in [2.45, 2.75) is 0 Å². The Morgan fingerprint density at radius 1 is 1.11 bits per heavy atom. The Kier molecular flexibility index (Phi) is 5.73. The van der Waals surface area contributed by atoms with Crippen molar-refractivity contribution in [3.05, 3.63) is 78.2 Å². The third-order valence-electron chi connectivity index (χ3n) is 3.74. The van der Waals surface area contributed by atoms with Gasteiger partial charge in [0.1, 0.15) is 11.6 Å². The lowest BCUT2D eigenvalue weighted by Crippen LogP contribution is -2.34. The van der Waals surface area contributed by atoms with Gasteiger partial charge >= 0.3 is 0 Å². The molecule has 0 aliphatic carbocycles. The third kappa shape index (κ3) is 4.65. The fourth-order valence-electron chi connectivity index (χ4n) is 2.39. The number of benzene rings is 2. The van der Waals surface area contributed by atoms with Gasteiger partial charge in [-0.2, -0.15) is 0 Å². The van der Waals surface area contributed by atoms with E-state index in [9.17, 15) is 9.18 Å². The fourth-order valence-corrected chi connectivity index (χ4v) is 2.60. The van der Waals surface area contributed by atoms with E-state index >= 15 is 0 Å². The molecule has 0 bridgehead atoms. The Bertz CT molecular complexity index is 980. The summed E-state index contributed by atoms with van der Waals surface area (Å²) in [4.78, 5) is 16.4. The first kappa shape index (κ1) is 18.5. The summed E-state index contributed by atoms with van der Waals surface area (Å²) < 4.78 is 19.4. The zero-order valence-corrected chi connectivity index (χ0v) is 15.2. The molecule has 2 aromatic carbocycles. The predicted octanol–water partition coefficient (Wildman–Crippen LogP) is 4.02. The number of carbonyl (C=O) groups excluding carboxylic acids is 1. The molecule has 7 heteroatoms. The van der Waals surface area contributed by atoms with Gasteiger partial charge in [-0.15, -0.1) is 0 Å². The van der Waals surface area contributed by atoms with Crippen molar-refractivity contribution in [1.29, 1.82) is 0 Å². The highest BCUT2D eigenvalue weighted by Gasteiger charge is 2.11. The number of methoxy groups -OCH3 is 1. The second-order valence-electron chi connectivity index (χ2n) is 5.55. The third-order valence-corrected chi connectivity index (χ3v) is 3.94. The van der Waals surface area contributed by atoms with Crippen LogP contribution in [0.25, 0.3) is 11.3 Å². The first-order valence-corrected chi connectivity index (χ1v) is 8.45. The van der Waals surface area contributed by atoms with Gasteiger partial charge in [0.15, 0.2) is 5.11 Å². The number of thiocarbonyl (C=S) groups is 1. The number of hydrogen-bond donors (Lipinski definition) is 2. The lowest BCUT2D eigenvalue weighted by molar-refractivity contribution is 0.0977. The first-order chi connectivity index (χ1) is 13.1. The SMILES string of the molecule is COc1ccnc(-c2ccc(F)c(NC(=S)NC(=O)c3ccccc3)c2)c1. The summed E-state index contributed by atoms with van der Waals surface area (Å²) in [6.45, 7) is 0. The van der Waals surface area contributed by atoms with Crippen LogP contribution < -0.4 is 15.4 Å². The van der Waals surface area contributed by atoms with Gasteiger partial charge in [0.05, 0.1) is 18.5 Å². The molecule has 27 heavy (non-hydrogen) atoms. The molecule has 3 aromatic rings. The molecule has 3 rings (SSSR count). The van der Waals surface area contributed by atoms with Crippen LogP contribution in [0.4, 0.5) is 10.1 Å². The van der Waals surface area contributed by atoms with E-state index in [1.807, 2.05) is 0 Å². The van der Waals surface area contributed by atoms with Crippen LogP contribution in [0.2, 0.25) is 0 Å². The molecule has 0 aliphatic heterocycles. The maximum Gasteiger partial charge on any atom is 0.257 e. The molecule has 1 amide bonds. The summed E-state index contributed by atoms with van der Waals surface area (Å²) in [5, 5.41) is 5.24. The summed E-state index contributed by atoms with van der Waals surface area (Å²) in [5.74, 6) is -0.235. The first-order valence-electron chi connectivity index (χ1n) is 8.04. The lowest BCUT2D eigenvalue weighted by atomic mass is 10.1. The molecule has 136 valence electrons. The quantitative estimate of drug-likeness (QED) is 0.669. The Labute approximate surface area is 161 Å². The molecule has 0 radical (unpaired) electrons. The minimum absolute atomic E-state index is 0.00138. The van der Waals surface area contributed by atoms with Crippen LogP contribution in [0.1, 0.15) is 10.4 Å². The number of rotatable bonds is 4. The van der Waals surface area contributed by atoms with Crippen molar-refractivity contribution in [1.82, 2.24) is 10.3 Å². The summed E-state index contributed by atoms with van der Waals surface area (Å²) in [6.07, 6.45) is 1.61. The smallest absolute Gasteiger partial charge is 0.257 e. The summed E-state index contributed by atoms with van der Waals surface area (Å²) in [7, 11) is 1.56. The van der Waals surface area contributed by atoms with Crippen LogP contribution in [-0.2, 0) is 0 Å². The largest absolute Gasteiger partial charge is 0.497 e. The predicted molar refractivity (Wildman–Crippen MR) is 106 cm³/mol. The van der Waals surface area contributed by atoms with Crippen molar-refractivity contribution < 1.29 is 13.9 Å². The molecular formula is C20H16FN3O2S. The zero-order valence-electron chi connectivity index (χ0n) is 14.4. The molecule has 0 saturated carbocycles. The van der Waals surface area contributed by atoms with Crippen LogP contribution in [-0.4, -0.2) is 23.1 Å². The lowest BCUT2D eigenvalue weighted by Gasteiger charge is -2.12. The van der Waals surface area contributed by atoms with Gasteiger partial charge in [-0.25, -0.2) is 4.39 Å². The molecule has 1 heterocycles. The molecule has 2 N–H and O–H groups in total. The number of hydrogen-bond acceptors (Lipinski definition) is 4. The number of amides is 1. The number of ether oxygens (including phenoxy) is 1. The maximum absolute atomic E-state index is 14.2. The van der Waals surface area contributed by atoms with Crippen molar-refractivity contribution in [3.63, 3.8) is 0 Å². The van der Waals surface area contributed by atoms with Gasteiger partial charge in [-0.05, 0) is 48.6 Å². The summed E-state index contributed by atoms with van der Waals surface area (Å²) in [5.41, 5.74) is 1.89. The molecular weight excluding hydrogens is 365 g/mol. The van der Waals surface area contributed by atoms with Gasteiger partial charge in [-0.1, -0.05) is 18.2 Å². The second-order valence-corrected chi connectivity index (χ2v) is 5.96. The van der Waals surface area contributed by atoms with Crippen LogP contribution >= 0.6 is 12.2 Å². The average Bonchev–Trinajstić information content (AvgIpc) is 2.70. The second kappa shape index (κ2) is 8.37. The highest BCUT2D eigenvalue weighted by atomic mass is 32.1. The molecule has 0 atom stereocenters. The van der Waals surface area contributed by atoms with Crippen molar-refractivity contribution >= 4 is 28.9 Å². The minimum Gasteiger partial charge on any atom is -0.497 e. The number of carbonyl (C=O) groups is 1. The molecule has 0 saturated heterocycles. The standard InChI is InChI=1S/C20H16FN3O2S/c1-26-15-9-10-22-17(12-15)14-7-8-16(21)18(11-14)23-20(27)24-19(25)13-5-3-2-4-6-13/h2-12H,1H3,(H2,23,24,25,27). The summed E-state index contributed by atoms with van der Waals surface area (Å²) in [6, 6.07) is 16.6. The Morgan fingerprint density at radius 2 is 1.89 bits per heavy atom. The molecule has 0 spiro atoms. The van der Waals surface area contributed by atoms with Gasteiger partial charge < -0.3 is 10.1 Å². The van der Waals surface area contributed by atoms with Crippen molar-refractivity contribution in [2.24, 2.45) is 0 Å². The van der Waals surface area contributed by atoms with Gasteiger partial charge in [-0.3, -0.25) is 15.1 Å². The monoisotopic (exact) mass is 381 g/mol. The Morgan fingerprint density at radius 3 is 2.63 bits per heavy atom. The molecule has 1 aromatic heterocycles. The number of halogens is 1. The maximum atomic E-state index is 14.2.